The van der Waals surface area contributed by atoms with Gasteiger partial charge < -0.3 is 0 Å². The summed E-state index contributed by atoms with van der Waals surface area (Å²) in [5.41, 5.74) is 0.958. The Hall–Kier alpha value is 0.170. The lowest BCUT2D eigenvalue weighted by Crippen LogP contribution is -2.12. The second-order valence-corrected chi connectivity index (χ2v) is 5.80. The van der Waals surface area contributed by atoms with Gasteiger partial charge in [0.2, 0.25) is 0 Å². The van der Waals surface area contributed by atoms with Gasteiger partial charge in [-0.1, -0.05) is 20.8 Å². The van der Waals surface area contributed by atoms with Gasteiger partial charge in [-0.15, -0.1) is 0 Å². The molecule has 0 spiro atoms. The largest absolute Gasteiger partial charge is 0.118 e. The predicted octanol–water partition coefficient (Wildman–Crippen LogP) is 3.74. The Balaban J connectivity index is 4.15. The molecule has 0 radical (unpaired) electrons. The summed E-state index contributed by atoms with van der Waals surface area (Å²) in [4.78, 5) is 0. The van der Waals surface area contributed by atoms with Gasteiger partial charge in [0.1, 0.15) is 5.66 Å². The first-order chi connectivity index (χ1) is 5.17. The molecule has 0 heterocycles. The minimum atomic E-state index is 0.188. The third-order valence-corrected chi connectivity index (χ3v) is 5.38. The Kier molecular flexibility index (Phi) is 5.86. The lowest BCUT2D eigenvalue weighted by Gasteiger charge is -2.13. The molecule has 3 atom stereocenters. The molecule has 0 nitrogen and oxygen atoms in total. The quantitative estimate of drug-likeness (QED) is 0.568. The third-order valence-electron chi connectivity index (χ3n) is 2.65. The molecule has 1 heteroatoms. The van der Waals surface area contributed by atoms with Gasteiger partial charge in [-0.3, -0.25) is 0 Å². The maximum atomic E-state index is 2.40. The van der Waals surface area contributed by atoms with E-state index >= 15 is 0 Å². The smallest absolute Gasteiger partial charge is 0.0650 e. The van der Waals surface area contributed by atoms with Crippen LogP contribution in [0.4, 0.5) is 0 Å². The Labute approximate surface area is 72.8 Å². The zero-order valence-electron chi connectivity index (χ0n) is 8.59. The zero-order valence-corrected chi connectivity index (χ0v) is 9.49. The van der Waals surface area contributed by atoms with E-state index in [1.54, 1.807) is 0 Å². The van der Waals surface area contributed by atoms with Gasteiger partial charge in [0.15, 0.2) is 0 Å². The van der Waals surface area contributed by atoms with Crippen LogP contribution in [0.25, 0.3) is 0 Å². The van der Waals surface area contributed by atoms with E-state index in [1.165, 1.54) is 12.8 Å². The van der Waals surface area contributed by atoms with E-state index in [4.69, 9.17) is 0 Å². The predicted molar refractivity (Wildman–Crippen MR) is 58.1 cm³/mol. The Morgan fingerprint density at radius 2 is 1.82 bits per heavy atom. The molecule has 0 aliphatic carbocycles. The van der Waals surface area contributed by atoms with Crippen LogP contribution < -0.4 is 0 Å². The molecule has 0 amide bonds. The second-order valence-electron chi connectivity index (χ2n) is 3.28. The van der Waals surface area contributed by atoms with E-state index in [2.05, 4.69) is 40.2 Å². The summed E-state index contributed by atoms with van der Waals surface area (Å²) in [5.74, 6) is 3.31. The van der Waals surface area contributed by atoms with Crippen molar-refractivity contribution < 1.29 is 0 Å². The van der Waals surface area contributed by atoms with E-state index in [9.17, 15) is 0 Å². The lowest BCUT2D eigenvalue weighted by molar-refractivity contribution is 0.521. The van der Waals surface area contributed by atoms with E-state index in [1.807, 2.05) is 0 Å². The summed E-state index contributed by atoms with van der Waals surface area (Å²) in [6.07, 6.45) is 2.68. The van der Waals surface area contributed by atoms with Crippen LogP contribution in [0.5, 0.6) is 0 Å². The van der Waals surface area contributed by atoms with Crippen molar-refractivity contribution in [2.24, 2.45) is 5.92 Å². The Morgan fingerprint density at radius 1 is 1.27 bits per heavy atom. The van der Waals surface area contributed by atoms with Crippen LogP contribution in [0.2, 0.25) is 0 Å². The molecule has 0 aliphatic rings. The van der Waals surface area contributed by atoms with Crippen molar-refractivity contribution in [1.29, 1.82) is 0 Å². The average molecular weight is 173 g/mol. The third kappa shape index (κ3) is 3.38. The van der Waals surface area contributed by atoms with E-state index < -0.39 is 0 Å². The summed E-state index contributed by atoms with van der Waals surface area (Å²) in [6, 6.07) is 0. The van der Waals surface area contributed by atoms with Gasteiger partial charge in [0, 0.05) is 0 Å². The van der Waals surface area contributed by atoms with Crippen molar-refractivity contribution in [1.82, 2.24) is 0 Å². The van der Waals surface area contributed by atoms with Crippen molar-refractivity contribution in [2.75, 3.05) is 6.66 Å². The van der Waals surface area contributed by atoms with E-state index in [0.29, 0.717) is 0 Å². The van der Waals surface area contributed by atoms with Crippen LogP contribution in [0, 0.1) is 5.92 Å². The minimum Gasteiger partial charge on any atom is -0.0650 e. The summed E-state index contributed by atoms with van der Waals surface area (Å²) in [6.45, 7) is 11.6. The number of rotatable bonds is 4. The standard InChI is InChI=1S/C10H22P/c1-6-9(4)10(7-2)11(5)8-3/h8-10H,6-7H2,1-5H3/q+1. The monoisotopic (exact) mass is 173 g/mol. The molecule has 66 valence electrons. The van der Waals surface area contributed by atoms with Gasteiger partial charge in [-0.25, -0.2) is 0 Å². The van der Waals surface area contributed by atoms with Crippen LogP contribution in [0.1, 0.15) is 40.5 Å². The SMILES string of the molecule is CC=[P+](C)C(CC)C(C)CC. The highest BCUT2D eigenvalue weighted by Gasteiger charge is 2.22. The Morgan fingerprint density at radius 3 is 2.09 bits per heavy atom. The molecule has 3 unspecified atom stereocenters. The fourth-order valence-electron chi connectivity index (χ4n) is 1.56. The van der Waals surface area contributed by atoms with Crippen LogP contribution in [0.3, 0.4) is 0 Å². The van der Waals surface area contributed by atoms with Gasteiger partial charge in [-0.2, -0.15) is 0 Å². The first-order valence-corrected chi connectivity index (χ1v) is 6.61. The van der Waals surface area contributed by atoms with Crippen LogP contribution in [-0.4, -0.2) is 18.1 Å². The normalized spacial score (nSPS) is 18.1. The molecule has 0 saturated heterocycles. The molecule has 0 aliphatic heterocycles. The topological polar surface area (TPSA) is 0 Å². The van der Waals surface area contributed by atoms with Crippen molar-refractivity contribution >= 4 is 13.3 Å². The minimum absolute atomic E-state index is 0.188. The first-order valence-electron chi connectivity index (χ1n) is 4.68. The van der Waals surface area contributed by atoms with Crippen LogP contribution >= 0.6 is 7.55 Å². The van der Waals surface area contributed by atoms with Crippen molar-refractivity contribution in [3.63, 3.8) is 0 Å². The summed E-state index contributed by atoms with van der Waals surface area (Å²) < 4.78 is 0. The van der Waals surface area contributed by atoms with Gasteiger partial charge in [0.25, 0.3) is 0 Å². The highest BCUT2D eigenvalue weighted by Crippen LogP contribution is 2.34. The molecule has 0 fully saturated rings. The first kappa shape index (κ1) is 11.2. The molecule has 0 aromatic heterocycles. The van der Waals surface area contributed by atoms with Crippen molar-refractivity contribution in [2.45, 2.75) is 46.2 Å². The lowest BCUT2D eigenvalue weighted by atomic mass is 10.0. The van der Waals surface area contributed by atoms with Crippen molar-refractivity contribution in [3.05, 3.63) is 0 Å². The summed E-state index contributed by atoms with van der Waals surface area (Å²) >= 11 is 0. The van der Waals surface area contributed by atoms with Gasteiger partial charge >= 0.3 is 0 Å². The molecule has 0 saturated carbocycles. The fourth-order valence-corrected chi connectivity index (χ4v) is 3.53. The maximum Gasteiger partial charge on any atom is 0.118 e. The Bertz CT molecular complexity index is 127. The average Bonchev–Trinajstić information content (AvgIpc) is 2.05. The van der Waals surface area contributed by atoms with Crippen LogP contribution in [0.15, 0.2) is 0 Å². The number of hydrogen-bond acceptors (Lipinski definition) is 0. The van der Waals surface area contributed by atoms with Crippen LogP contribution in [-0.2, 0) is 0 Å². The van der Waals surface area contributed by atoms with E-state index in [0.717, 1.165) is 11.6 Å². The zero-order chi connectivity index (χ0) is 8.85. The van der Waals surface area contributed by atoms with Gasteiger partial charge in [0.05, 0.1) is 20.0 Å². The highest BCUT2D eigenvalue weighted by atomic mass is 31.1. The maximum absolute atomic E-state index is 2.40. The number of hydrogen-bond donors (Lipinski definition) is 0. The molecular weight excluding hydrogens is 151 g/mol. The molecule has 0 bridgehead atoms. The molecule has 11 heavy (non-hydrogen) atoms. The molecular formula is C10H22P+. The molecule has 0 N–H and O–H groups in total. The summed E-state index contributed by atoms with van der Waals surface area (Å²) in [7, 11) is 0.188. The van der Waals surface area contributed by atoms with E-state index in [-0.39, 0.29) is 7.55 Å². The molecule has 0 aromatic rings. The molecule has 0 aromatic carbocycles. The highest BCUT2D eigenvalue weighted by molar-refractivity contribution is 7.57. The second kappa shape index (κ2) is 5.77. The summed E-state index contributed by atoms with van der Waals surface area (Å²) in [5, 5.41) is 0. The van der Waals surface area contributed by atoms with Crippen molar-refractivity contribution in [3.8, 4) is 0 Å². The fraction of sp³-hybridized carbons (Fsp3) is 0.900. The van der Waals surface area contributed by atoms with Gasteiger partial charge in [-0.05, 0) is 25.7 Å². The molecule has 0 rings (SSSR count).